The average molecular weight is 342 g/mol. The molecule has 2 nitrogen and oxygen atoms in total. The first-order valence-corrected chi connectivity index (χ1v) is 7.80. The van der Waals surface area contributed by atoms with Gasteiger partial charge in [-0.1, -0.05) is 59.3 Å². The van der Waals surface area contributed by atoms with Crippen LogP contribution >= 0.6 is 15.9 Å². The van der Waals surface area contributed by atoms with Crippen LogP contribution in [0.15, 0.2) is 59.2 Å². The molecule has 1 atom stereocenters. The van der Waals surface area contributed by atoms with Crippen LogP contribution in [-0.4, -0.2) is 10.1 Å². The van der Waals surface area contributed by atoms with E-state index in [9.17, 15) is 5.11 Å². The molecule has 1 heterocycles. The zero-order valence-corrected chi connectivity index (χ0v) is 13.3. The van der Waals surface area contributed by atoms with E-state index < -0.39 is 6.10 Å². The molecule has 3 rings (SSSR count). The van der Waals surface area contributed by atoms with Gasteiger partial charge in [0.05, 0.1) is 5.52 Å². The minimum absolute atomic E-state index is 0.665. The number of aryl methyl sites for hydroxylation is 1. The highest BCUT2D eigenvalue weighted by Gasteiger charge is 2.15. The van der Waals surface area contributed by atoms with Gasteiger partial charge in [-0.2, -0.15) is 0 Å². The molecule has 0 saturated carbocycles. The second-order valence-electron chi connectivity index (χ2n) is 5.04. The quantitative estimate of drug-likeness (QED) is 0.752. The number of aliphatic hydroxyl groups excluding tert-OH is 1. The molecule has 0 spiro atoms. The fourth-order valence-electron chi connectivity index (χ4n) is 2.54. The molecule has 1 unspecified atom stereocenters. The van der Waals surface area contributed by atoms with E-state index in [2.05, 4.69) is 40.0 Å². The van der Waals surface area contributed by atoms with E-state index >= 15 is 0 Å². The summed E-state index contributed by atoms with van der Waals surface area (Å²) < 4.78 is 0.990. The zero-order valence-electron chi connectivity index (χ0n) is 11.8. The molecule has 0 amide bonds. The van der Waals surface area contributed by atoms with Crippen LogP contribution < -0.4 is 0 Å². The molecule has 0 bridgehead atoms. The average Bonchev–Trinajstić information content (AvgIpc) is 2.55. The molecule has 106 valence electrons. The fourth-order valence-corrected chi connectivity index (χ4v) is 3.00. The van der Waals surface area contributed by atoms with E-state index in [1.54, 1.807) is 6.20 Å². The van der Waals surface area contributed by atoms with Gasteiger partial charge in [-0.25, -0.2) is 0 Å². The third-order valence-corrected chi connectivity index (χ3v) is 4.41. The second kappa shape index (κ2) is 5.96. The van der Waals surface area contributed by atoms with Crippen LogP contribution in [0.4, 0.5) is 0 Å². The Kier molecular flexibility index (Phi) is 4.04. The highest BCUT2D eigenvalue weighted by molar-refractivity contribution is 9.10. The Morgan fingerprint density at radius 1 is 1.14 bits per heavy atom. The van der Waals surface area contributed by atoms with Gasteiger partial charge in [0.25, 0.3) is 0 Å². The SMILES string of the molecule is CCc1cccc(C(O)c2ccc(Br)c3cccnc23)c1. The smallest absolute Gasteiger partial charge is 0.106 e. The minimum atomic E-state index is -0.665. The van der Waals surface area contributed by atoms with Gasteiger partial charge >= 0.3 is 0 Å². The van der Waals surface area contributed by atoms with Crippen LogP contribution in [0.25, 0.3) is 10.9 Å². The summed E-state index contributed by atoms with van der Waals surface area (Å²) in [6.45, 7) is 2.11. The van der Waals surface area contributed by atoms with E-state index in [-0.39, 0.29) is 0 Å². The molecule has 0 radical (unpaired) electrons. The first kappa shape index (κ1) is 14.2. The van der Waals surface area contributed by atoms with Crippen molar-refractivity contribution < 1.29 is 5.11 Å². The van der Waals surface area contributed by atoms with Gasteiger partial charge in [0, 0.05) is 21.6 Å². The van der Waals surface area contributed by atoms with E-state index in [4.69, 9.17) is 0 Å². The van der Waals surface area contributed by atoms with Gasteiger partial charge in [-0.3, -0.25) is 4.98 Å². The highest BCUT2D eigenvalue weighted by Crippen LogP contribution is 2.31. The number of halogens is 1. The molecule has 0 fully saturated rings. The van der Waals surface area contributed by atoms with Crippen molar-refractivity contribution in [2.75, 3.05) is 0 Å². The number of benzene rings is 2. The van der Waals surface area contributed by atoms with Crippen LogP contribution in [-0.2, 0) is 6.42 Å². The predicted octanol–water partition coefficient (Wildman–Crippen LogP) is 4.64. The summed E-state index contributed by atoms with van der Waals surface area (Å²) in [4.78, 5) is 4.44. The van der Waals surface area contributed by atoms with Crippen molar-refractivity contribution in [3.8, 4) is 0 Å². The largest absolute Gasteiger partial charge is 0.384 e. The van der Waals surface area contributed by atoms with Crippen molar-refractivity contribution in [3.63, 3.8) is 0 Å². The Morgan fingerprint density at radius 3 is 2.81 bits per heavy atom. The van der Waals surface area contributed by atoms with Gasteiger partial charge in [0.15, 0.2) is 0 Å². The van der Waals surface area contributed by atoms with E-state index in [1.165, 1.54) is 5.56 Å². The Morgan fingerprint density at radius 2 is 2.00 bits per heavy atom. The molecule has 0 aliphatic rings. The lowest BCUT2D eigenvalue weighted by atomic mass is 9.97. The summed E-state index contributed by atoms with van der Waals surface area (Å²) in [7, 11) is 0. The van der Waals surface area contributed by atoms with Gasteiger partial charge in [-0.15, -0.1) is 0 Å². The molecule has 3 heteroatoms. The van der Waals surface area contributed by atoms with Crippen molar-refractivity contribution >= 4 is 26.8 Å². The predicted molar refractivity (Wildman–Crippen MR) is 89.3 cm³/mol. The zero-order chi connectivity index (χ0) is 14.8. The van der Waals surface area contributed by atoms with E-state index in [0.29, 0.717) is 0 Å². The third kappa shape index (κ3) is 2.71. The topological polar surface area (TPSA) is 33.1 Å². The van der Waals surface area contributed by atoms with Gasteiger partial charge in [-0.05, 0) is 29.7 Å². The molecule has 0 aliphatic heterocycles. The third-order valence-electron chi connectivity index (χ3n) is 3.72. The Balaban J connectivity index is 2.13. The molecule has 21 heavy (non-hydrogen) atoms. The lowest BCUT2D eigenvalue weighted by molar-refractivity contribution is 0.221. The molecular formula is C18H16BrNO. The monoisotopic (exact) mass is 341 g/mol. The number of hydrogen-bond acceptors (Lipinski definition) is 2. The summed E-state index contributed by atoms with van der Waals surface area (Å²) in [5.41, 5.74) is 3.80. The number of nitrogens with zero attached hydrogens (tertiary/aromatic N) is 1. The summed E-state index contributed by atoms with van der Waals surface area (Å²) in [5, 5.41) is 11.8. The lowest BCUT2D eigenvalue weighted by Gasteiger charge is -2.15. The maximum absolute atomic E-state index is 10.7. The van der Waals surface area contributed by atoms with Crippen molar-refractivity contribution in [3.05, 3.63) is 75.9 Å². The molecule has 1 N–H and O–H groups in total. The van der Waals surface area contributed by atoms with Crippen LogP contribution in [0.1, 0.15) is 29.7 Å². The Labute approximate surface area is 132 Å². The van der Waals surface area contributed by atoms with Crippen LogP contribution in [0.5, 0.6) is 0 Å². The fraction of sp³-hybridized carbons (Fsp3) is 0.167. The van der Waals surface area contributed by atoms with Crippen molar-refractivity contribution in [1.82, 2.24) is 4.98 Å². The summed E-state index contributed by atoms with van der Waals surface area (Å²) >= 11 is 3.54. The van der Waals surface area contributed by atoms with Gasteiger partial charge in [0.1, 0.15) is 6.10 Å². The number of pyridine rings is 1. The molecule has 2 aromatic carbocycles. The second-order valence-corrected chi connectivity index (χ2v) is 5.89. The van der Waals surface area contributed by atoms with Gasteiger partial charge in [0.2, 0.25) is 0 Å². The molecule has 3 aromatic rings. The number of aromatic nitrogens is 1. The molecular weight excluding hydrogens is 326 g/mol. The van der Waals surface area contributed by atoms with E-state index in [0.717, 1.165) is 32.9 Å². The highest BCUT2D eigenvalue weighted by atomic mass is 79.9. The minimum Gasteiger partial charge on any atom is -0.384 e. The lowest BCUT2D eigenvalue weighted by Crippen LogP contribution is -2.02. The molecule has 0 saturated heterocycles. The summed E-state index contributed by atoms with van der Waals surface area (Å²) in [6.07, 6.45) is 2.05. The Hall–Kier alpha value is -1.71. The van der Waals surface area contributed by atoms with Crippen LogP contribution in [0.2, 0.25) is 0 Å². The maximum Gasteiger partial charge on any atom is 0.106 e. The van der Waals surface area contributed by atoms with Crippen LogP contribution in [0, 0.1) is 0 Å². The number of rotatable bonds is 3. The number of aliphatic hydroxyl groups is 1. The van der Waals surface area contributed by atoms with Crippen molar-refractivity contribution in [2.24, 2.45) is 0 Å². The maximum atomic E-state index is 10.7. The summed E-state index contributed by atoms with van der Waals surface area (Å²) in [5.74, 6) is 0. The van der Waals surface area contributed by atoms with Crippen molar-refractivity contribution in [1.29, 1.82) is 0 Å². The van der Waals surface area contributed by atoms with E-state index in [1.807, 2.05) is 36.4 Å². The Bertz CT molecular complexity index is 785. The first-order valence-electron chi connectivity index (χ1n) is 7.00. The number of fused-ring (bicyclic) bond motifs is 1. The van der Waals surface area contributed by atoms with Gasteiger partial charge < -0.3 is 5.11 Å². The first-order chi connectivity index (χ1) is 10.2. The van der Waals surface area contributed by atoms with Crippen molar-refractivity contribution in [2.45, 2.75) is 19.4 Å². The van der Waals surface area contributed by atoms with Crippen LogP contribution in [0.3, 0.4) is 0 Å². The number of hydrogen-bond donors (Lipinski definition) is 1. The molecule has 0 aliphatic carbocycles. The summed E-state index contributed by atoms with van der Waals surface area (Å²) in [6, 6.07) is 15.9. The normalized spacial score (nSPS) is 12.5. The molecule has 1 aromatic heterocycles. The standard InChI is InChI=1S/C18H16BrNO/c1-2-12-5-3-6-13(11-12)18(21)15-8-9-16(19)14-7-4-10-20-17(14)15/h3-11,18,21H,2H2,1H3.